The minimum absolute atomic E-state index is 0.0741. The Bertz CT molecular complexity index is 335. The van der Waals surface area contributed by atoms with Crippen molar-refractivity contribution >= 4 is 5.71 Å². The predicted octanol–water partition coefficient (Wildman–Crippen LogP) is 2.12. The zero-order valence-corrected chi connectivity index (χ0v) is 8.52. The molecule has 4 heteroatoms. The van der Waals surface area contributed by atoms with Crippen molar-refractivity contribution in [2.45, 2.75) is 20.8 Å². The third-order valence-corrected chi connectivity index (χ3v) is 1.36. The van der Waals surface area contributed by atoms with Gasteiger partial charge in [-0.25, -0.2) is 0 Å². The Morgan fingerprint density at radius 2 is 2.14 bits per heavy atom. The standard InChI is InChI=1S/C8H7N3O.C2H6/c1-6-2-3-7(10-5-6)8(4-9)11-12;1-2/h2-3,5,12H,1H3;1-2H3. The van der Waals surface area contributed by atoms with Crippen LogP contribution in [0.3, 0.4) is 0 Å². The largest absolute Gasteiger partial charge is 0.410 e. The maximum absolute atomic E-state index is 8.47. The van der Waals surface area contributed by atoms with Crippen LogP contribution in [0.1, 0.15) is 25.1 Å². The molecule has 0 aliphatic heterocycles. The van der Waals surface area contributed by atoms with E-state index in [9.17, 15) is 0 Å². The normalized spacial score (nSPS) is 9.71. The molecule has 0 unspecified atom stereocenters. The molecular weight excluding hydrogens is 178 g/mol. The zero-order valence-electron chi connectivity index (χ0n) is 8.52. The molecule has 0 atom stereocenters. The molecule has 0 radical (unpaired) electrons. The van der Waals surface area contributed by atoms with Gasteiger partial charge >= 0.3 is 0 Å². The van der Waals surface area contributed by atoms with Gasteiger partial charge in [-0.2, -0.15) is 5.26 Å². The maximum Gasteiger partial charge on any atom is 0.205 e. The van der Waals surface area contributed by atoms with Crippen LogP contribution in [0.5, 0.6) is 0 Å². The first-order valence-electron chi connectivity index (χ1n) is 4.33. The number of aromatic nitrogens is 1. The van der Waals surface area contributed by atoms with Gasteiger partial charge in [0.1, 0.15) is 11.8 Å². The summed E-state index contributed by atoms with van der Waals surface area (Å²) >= 11 is 0. The van der Waals surface area contributed by atoms with Gasteiger partial charge in [0.15, 0.2) is 0 Å². The van der Waals surface area contributed by atoms with Crippen LogP contribution in [-0.2, 0) is 0 Å². The Morgan fingerprint density at radius 1 is 1.50 bits per heavy atom. The van der Waals surface area contributed by atoms with Crippen molar-refractivity contribution in [3.05, 3.63) is 29.6 Å². The van der Waals surface area contributed by atoms with Gasteiger partial charge in [-0.15, -0.1) is 0 Å². The lowest BCUT2D eigenvalue weighted by Crippen LogP contribution is -1.99. The topological polar surface area (TPSA) is 69.3 Å². The number of nitriles is 1. The molecule has 4 nitrogen and oxygen atoms in total. The molecule has 0 amide bonds. The van der Waals surface area contributed by atoms with Gasteiger partial charge in [0, 0.05) is 6.20 Å². The Balaban J connectivity index is 0.000000791. The summed E-state index contributed by atoms with van der Waals surface area (Å²) < 4.78 is 0. The number of pyridine rings is 1. The molecule has 0 spiro atoms. The number of hydrogen-bond acceptors (Lipinski definition) is 4. The molecule has 74 valence electrons. The highest BCUT2D eigenvalue weighted by Crippen LogP contribution is 1.99. The molecule has 1 heterocycles. The second kappa shape index (κ2) is 6.61. The highest BCUT2D eigenvalue weighted by atomic mass is 16.4. The van der Waals surface area contributed by atoms with E-state index in [1.807, 2.05) is 20.8 Å². The molecule has 14 heavy (non-hydrogen) atoms. The predicted molar refractivity (Wildman–Crippen MR) is 54.3 cm³/mol. The fraction of sp³-hybridized carbons (Fsp3) is 0.300. The van der Waals surface area contributed by atoms with E-state index < -0.39 is 0 Å². The molecule has 0 saturated heterocycles. The summed E-state index contributed by atoms with van der Waals surface area (Å²) in [6.07, 6.45) is 1.61. The Kier molecular flexibility index (Phi) is 5.72. The summed E-state index contributed by atoms with van der Waals surface area (Å²) in [5.74, 6) is 0. The molecule has 1 aromatic heterocycles. The highest BCUT2D eigenvalue weighted by Gasteiger charge is 2.02. The highest BCUT2D eigenvalue weighted by molar-refractivity contribution is 6.09. The van der Waals surface area contributed by atoms with Crippen molar-refractivity contribution in [2.24, 2.45) is 5.16 Å². The molecule has 1 rings (SSSR count). The van der Waals surface area contributed by atoms with Crippen molar-refractivity contribution in [1.29, 1.82) is 5.26 Å². The smallest absolute Gasteiger partial charge is 0.205 e. The van der Waals surface area contributed by atoms with Crippen LogP contribution in [0.25, 0.3) is 0 Å². The van der Waals surface area contributed by atoms with E-state index in [1.54, 1.807) is 24.4 Å². The Labute approximate surface area is 83.5 Å². The first kappa shape index (κ1) is 12.1. The summed E-state index contributed by atoms with van der Waals surface area (Å²) in [6, 6.07) is 5.15. The third kappa shape index (κ3) is 3.23. The first-order chi connectivity index (χ1) is 6.77. The minimum atomic E-state index is -0.0741. The fourth-order valence-electron chi connectivity index (χ4n) is 0.739. The van der Waals surface area contributed by atoms with Crippen LogP contribution in [-0.4, -0.2) is 15.9 Å². The van der Waals surface area contributed by atoms with E-state index >= 15 is 0 Å². The zero-order chi connectivity index (χ0) is 11.0. The number of aryl methyl sites for hydroxylation is 1. The van der Waals surface area contributed by atoms with Crippen LogP contribution >= 0.6 is 0 Å². The van der Waals surface area contributed by atoms with Gasteiger partial charge in [0.2, 0.25) is 5.71 Å². The number of hydrogen-bond donors (Lipinski definition) is 1. The summed E-state index contributed by atoms with van der Waals surface area (Å²) in [5, 5.41) is 19.6. The quantitative estimate of drug-likeness (QED) is 0.420. The van der Waals surface area contributed by atoms with E-state index in [-0.39, 0.29) is 5.71 Å². The average molecular weight is 191 g/mol. The van der Waals surface area contributed by atoms with Crippen LogP contribution in [0.15, 0.2) is 23.5 Å². The van der Waals surface area contributed by atoms with Crippen LogP contribution in [0, 0.1) is 18.3 Å². The lowest BCUT2D eigenvalue weighted by atomic mass is 10.2. The van der Waals surface area contributed by atoms with Crippen molar-refractivity contribution in [3.8, 4) is 6.07 Å². The van der Waals surface area contributed by atoms with Gasteiger partial charge in [-0.3, -0.25) is 4.98 Å². The summed E-state index contributed by atoms with van der Waals surface area (Å²) in [4.78, 5) is 3.91. The monoisotopic (exact) mass is 191 g/mol. The van der Waals surface area contributed by atoms with Crippen LogP contribution in [0.2, 0.25) is 0 Å². The lowest BCUT2D eigenvalue weighted by Gasteiger charge is -1.94. The van der Waals surface area contributed by atoms with Gasteiger partial charge in [0.25, 0.3) is 0 Å². The molecule has 0 aromatic carbocycles. The second-order valence-electron chi connectivity index (χ2n) is 2.28. The van der Waals surface area contributed by atoms with Crippen molar-refractivity contribution < 1.29 is 5.21 Å². The Morgan fingerprint density at radius 3 is 2.50 bits per heavy atom. The molecule has 0 fully saturated rings. The third-order valence-electron chi connectivity index (χ3n) is 1.36. The summed E-state index contributed by atoms with van der Waals surface area (Å²) in [5.41, 5.74) is 1.30. The van der Waals surface area contributed by atoms with Gasteiger partial charge in [-0.1, -0.05) is 25.1 Å². The Hall–Kier alpha value is -1.89. The molecule has 1 N–H and O–H groups in total. The van der Waals surface area contributed by atoms with Crippen molar-refractivity contribution in [1.82, 2.24) is 4.98 Å². The van der Waals surface area contributed by atoms with Crippen molar-refractivity contribution in [3.63, 3.8) is 0 Å². The van der Waals surface area contributed by atoms with E-state index in [2.05, 4.69) is 10.1 Å². The fourth-order valence-corrected chi connectivity index (χ4v) is 0.739. The number of oxime groups is 1. The number of nitrogens with zero attached hydrogens (tertiary/aromatic N) is 3. The first-order valence-corrected chi connectivity index (χ1v) is 4.33. The van der Waals surface area contributed by atoms with E-state index in [0.717, 1.165) is 5.56 Å². The van der Waals surface area contributed by atoms with Gasteiger partial charge in [0.05, 0.1) is 0 Å². The average Bonchev–Trinajstić information content (AvgIpc) is 2.25. The second-order valence-corrected chi connectivity index (χ2v) is 2.28. The van der Waals surface area contributed by atoms with E-state index in [4.69, 9.17) is 10.5 Å². The maximum atomic E-state index is 8.47. The summed E-state index contributed by atoms with van der Waals surface area (Å²) in [6.45, 7) is 5.89. The van der Waals surface area contributed by atoms with E-state index in [1.165, 1.54) is 0 Å². The molecule has 0 bridgehead atoms. The SMILES string of the molecule is CC.Cc1ccc(C(C#N)=NO)nc1. The molecular formula is C10H13N3O. The minimum Gasteiger partial charge on any atom is -0.410 e. The van der Waals surface area contributed by atoms with Gasteiger partial charge in [-0.05, 0) is 18.6 Å². The number of rotatable bonds is 1. The van der Waals surface area contributed by atoms with Crippen molar-refractivity contribution in [2.75, 3.05) is 0 Å². The summed E-state index contributed by atoms with van der Waals surface area (Å²) in [7, 11) is 0. The van der Waals surface area contributed by atoms with E-state index in [0.29, 0.717) is 5.69 Å². The van der Waals surface area contributed by atoms with Crippen LogP contribution < -0.4 is 0 Å². The molecule has 0 aliphatic carbocycles. The lowest BCUT2D eigenvalue weighted by molar-refractivity contribution is 0.320. The molecule has 0 aliphatic rings. The molecule has 0 saturated carbocycles. The molecule has 1 aromatic rings. The van der Waals surface area contributed by atoms with Gasteiger partial charge < -0.3 is 5.21 Å². The van der Waals surface area contributed by atoms with Crippen LogP contribution in [0.4, 0.5) is 0 Å².